The first kappa shape index (κ1) is 18.5. The van der Waals surface area contributed by atoms with Crippen LogP contribution >= 0.6 is 15.9 Å². The third kappa shape index (κ3) is 5.32. The Balaban J connectivity index is 1.95. The number of ether oxygens (including phenoxy) is 2. The summed E-state index contributed by atoms with van der Waals surface area (Å²) in [6, 6.07) is 12.0. The maximum atomic E-state index is 11.8. The van der Waals surface area contributed by atoms with Crippen LogP contribution in [0.15, 0.2) is 52.0 Å². The van der Waals surface area contributed by atoms with Crippen molar-refractivity contribution in [2.24, 2.45) is 5.10 Å². The zero-order valence-electron chi connectivity index (χ0n) is 13.6. The molecule has 0 fully saturated rings. The smallest absolute Gasteiger partial charge is 0.329 e. The fourth-order valence-electron chi connectivity index (χ4n) is 1.86. The van der Waals surface area contributed by atoms with E-state index in [9.17, 15) is 9.59 Å². The number of rotatable bonds is 5. The van der Waals surface area contributed by atoms with Crippen molar-refractivity contribution < 1.29 is 19.1 Å². The number of halogens is 1. The van der Waals surface area contributed by atoms with Crippen LogP contribution in [0.2, 0.25) is 0 Å². The Morgan fingerprint density at radius 2 is 1.76 bits per heavy atom. The van der Waals surface area contributed by atoms with E-state index in [1.165, 1.54) is 13.3 Å². The van der Waals surface area contributed by atoms with Gasteiger partial charge in [0.05, 0.1) is 20.4 Å². The Bertz CT molecular complexity index is 791. The Hall–Kier alpha value is -2.87. The predicted molar refractivity (Wildman–Crippen MR) is 98.1 cm³/mol. The maximum Gasteiger partial charge on any atom is 0.329 e. The Morgan fingerprint density at radius 1 is 1.04 bits per heavy atom. The van der Waals surface area contributed by atoms with Crippen molar-refractivity contribution in [1.29, 1.82) is 0 Å². The van der Waals surface area contributed by atoms with Gasteiger partial charge in [-0.2, -0.15) is 5.10 Å². The molecule has 0 saturated carbocycles. The topological polar surface area (TPSA) is 89.0 Å². The van der Waals surface area contributed by atoms with Gasteiger partial charge >= 0.3 is 11.8 Å². The quantitative estimate of drug-likeness (QED) is 0.454. The van der Waals surface area contributed by atoms with Gasteiger partial charge in [0.25, 0.3) is 0 Å². The van der Waals surface area contributed by atoms with Crippen LogP contribution in [0.5, 0.6) is 11.5 Å². The molecule has 0 atom stereocenters. The molecule has 2 N–H and O–H groups in total. The molecule has 7 nitrogen and oxygen atoms in total. The molecule has 8 heteroatoms. The largest absolute Gasteiger partial charge is 0.497 e. The number of benzene rings is 2. The summed E-state index contributed by atoms with van der Waals surface area (Å²) in [7, 11) is 3.06. The third-order valence-corrected chi connectivity index (χ3v) is 3.65. The van der Waals surface area contributed by atoms with Gasteiger partial charge in [0, 0.05) is 21.8 Å². The van der Waals surface area contributed by atoms with Gasteiger partial charge in [-0.1, -0.05) is 15.9 Å². The number of hydrogen-bond donors (Lipinski definition) is 2. The first-order valence-corrected chi connectivity index (χ1v) is 7.94. The zero-order chi connectivity index (χ0) is 18.2. The summed E-state index contributed by atoms with van der Waals surface area (Å²) in [4.78, 5) is 23.6. The molecule has 2 aromatic carbocycles. The van der Waals surface area contributed by atoms with Crippen molar-refractivity contribution in [1.82, 2.24) is 5.43 Å². The van der Waals surface area contributed by atoms with Gasteiger partial charge in [0.1, 0.15) is 11.5 Å². The molecule has 0 aliphatic heterocycles. The van der Waals surface area contributed by atoms with Crippen molar-refractivity contribution in [2.75, 3.05) is 19.5 Å². The lowest BCUT2D eigenvalue weighted by Crippen LogP contribution is -2.32. The van der Waals surface area contributed by atoms with E-state index in [1.807, 2.05) is 0 Å². The minimum Gasteiger partial charge on any atom is -0.497 e. The van der Waals surface area contributed by atoms with Crippen molar-refractivity contribution in [2.45, 2.75) is 0 Å². The van der Waals surface area contributed by atoms with E-state index in [2.05, 4.69) is 31.8 Å². The molecule has 0 spiro atoms. The molecular weight excluding hydrogens is 390 g/mol. The fourth-order valence-corrected chi connectivity index (χ4v) is 2.12. The summed E-state index contributed by atoms with van der Waals surface area (Å²) in [6.45, 7) is 0. The molecular formula is C17H16BrN3O4. The van der Waals surface area contributed by atoms with Crippen molar-refractivity contribution in [3.8, 4) is 11.5 Å². The highest BCUT2D eigenvalue weighted by atomic mass is 79.9. The van der Waals surface area contributed by atoms with Crippen molar-refractivity contribution in [3.05, 3.63) is 52.5 Å². The Kier molecular flexibility index (Phi) is 6.53. The lowest BCUT2D eigenvalue weighted by atomic mass is 10.2. The molecule has 0 radical (unpaired) electrons. The molecule has 0 aliphatic rings. The highest BCUT2D eigenvalue weighted by Crippen LogP contribution is 2.23. The number of anilines is 1. The third-order valence-electron chi connectivity index (χ3n) is 3.12. The van der Waals surface area contributed by atoms with E-state index in [-0.39, 0.29) is 0 Å². The summed E-state index contributed by atoms with van der Waals surface area (Å²) in [5, 5.41) is 6.24. The van der Waals surface area contributed by atoms with E-state index < -0.39 is 11.8 Å². The highest BCUT2D eigenvalue weighted by molar-refractivity contribution is 9.10. The number of nitrogens with one attached hydrogen (secondary N) is 2. The van der Waals surface area contributed by atoms with E-state index >= 15 is 0 Å². The second kappa shape index (κ2) is 8.84. The molecule has 2 aromatic rings. The average molecular weight is 406 g/mol. The number of amides is 2. The van der Waals surface area contributed by atoms with Gasteiger partial charge in [-0.05, 0) is 36.4 Å². The van der Waals surface area contributed by atoms with Crippen molar-refractivity contribution >= 4 is 39.6 Å². The lowest BCUT2D eigenvalue weighted by Gasteiger charge is -2.07. The van der Waals surface area contributed by atoms with Gasteiger partial charge in [0.15, 0.2) is 0 Å². The van der Waals surface area contributed by atoms with Gasteiger partial charge in [-0.3, -0.25) is 9.59 Å². The van der Waals surface area contributed by atoms with Crippen LogP contribution in [-0.4, -0.2) is 32.2 Å². The summed E-state index contributed by atoms with van der Waals surface area (Å²) in [5.74, 6) is -0.545. The minimum atomic E-state index is -0.883. The average Bonchev–Trinajstić information content (AvgIpc) is 2.63. The number of methoxy groups -OCH3 is 2. The monoisotopic (exact) mass is 405 g/mol. The molecule has 0 saturated heterocycles. The second-order valence-corrected chi connectivity index (χ2v) is 5.68. The normalized spacial score (nSPS) is 10.4. The summed E-state index contributed by atoms with van der Waals surface area (Å²) in [6.07, 6.45) is 1.38. The number of hydrogen-bond acceptors (Lipinski definition) is 5. The fraction of sp³-hybridized carbons (Fsp3) is 0.118. The molecule has 0 aliphatic carbocycles. The van der Waals surface area contributed by atoms with Crippen LogP contribution in [0, 0.1) is 0 Å². The minimum absolute atomic E-state index is 0.504. The van der Waals surface area contributed by atoms with Crippen LogP contribution in [0.4, 0.5) is 5.69 Å². The van der Waals surface area contributed by atoms with E-state index in [4.69, 9.17) is 9.47 Å². The highest BCUT2D eigenvalue weighted by Gasteiger charge is 2.12. The molecule has 25 heavy (non-hydrogen) atoms. The van der Waals surface area contributed by atoms with E-state index in [0.717, 1.165) is 4.47 Å². The standard InChI is InChI=1S/C17H16BrN3O4/c1-24-14-8-3-11(15(9-14)25-2)10-19-21-17(23)16(22)20-13-6-4-12(18)5-7-13/h3-10H,1-2H3,(H,20,22)(H,21,23). The van der Waals surface area contributed by atoms with Crippen LogP contribution in [0.1, 0.15) is 5.56 Å². The Morgan fingerprint density at radius 3 is 2.40 bits per heavy atom. The molecule has 0 bridgehead atoms. The summed E-state index contributed by atoms with van der Waals surface area (Å²) >= 11 is 3.29. The molecule has 2 amide bonds. The first-order valence-electron chi connectivity index (χ1n) is 7.15. The second-order valence-electron chi connectivity index (χ2n) is 4.77. The van der Waals surface area contributed by atoms with E-state index in [0.29, 0.717) is 22.7 Å². The molecule has 130 valence electrons. The summed E-state index contributed by atoms with van der Waals surface area (Å²) in [5.41, 5.74) is 3.29. The van der Waals surface area contributed by atoms with Crippen LogP contribution in [0.25, 0.3) is 0 Å². The number of carbonyl (C=O) groups is 2. The van der Waals surface area contributed by atoms with E-state index in [1.54, 1.807) is 49.6 Å². The number of nitrogens with zero attached hydrogens (tertiary/aromatic N) is 1. The maximum absolute atomic E-state index is 11.8. The van der Waals surface area contributed by atoms with Gasteiger partial charge < -0.3 is 14.8 Å². The molecule has 0 heterocycles. The van der Waals surface area contributed by atoms with Crippen LogP contribution < -0.4 is 20.2 Å². The van der Waals surface area contributed by atoms with Gasteiger partial charge in [0.2, 0.25) is 0 Å². The van der Waals surface area contributed by atoms with Crippen LogP contribution in [-0.2, 0) is 9.59 Å². The first-order chi connectivity index (χ1) is 12.0. The SMILES string of the molecule is COc1ccc(C=NNC(=O)C(=O)Nc2ccc(Br)cc2)c(OC)c1. The van der Waals surface area contributed by atoms with Crippen molar-refractivity contribution in [3.63, 3.8) is 0 Å². The summed E-state index contributed by atoms with van der Waals surface area (Å²) < 4.78 is 11.2. The lowest BCUT2D eigenvalue weighted by molar-refractivity contribution is -0.136. The molecule has 2 rings (SSSR count). The number of hydrazone groups is 1. The predicted octanol–water partition coefficient (Wildman–Crippen LogP) is 2.56. The zero-order valence-corrected chi connectivity index (χ0v) is 15.2. The number of carbonyl (C=O) groups excluding carboxylic acids is 2. The van der Waals surface area contributed by atoms with Gasteiger partial charge in [-0.15, -0.1) is 0 Å². The Labute approximate surface area is 153 Å². The molecule has 0 unspecified atom stereocenters. The van der Waals surface area contributed by atoms with Crippen LogP contribution in [0.3, 0.4) is 0 Å². The van der Waals surface area contributed by atoms with Gasteiger partial charge in [-0.25, -0.2) is 5.43 Å². The molecule has 0 aromatic heterocycles.